The van der Waals surface area contributed by atoms with E-state index < -0.39 is 0 Å². The fraction of sp³-hybridized carbons (Fsp3) is 0.318. The summed E-state index contributed by atoms with van der Waals surface area (Å²) in [6.07, 6.45) is 1.56. The normalized spacial score (nSPS) is 14.5. The highest BCUT2D eigenvalue weighted by Crippen LogP contribution is 2.25. The smallest absolute Gasteiger partial charge is 0.326 e. The van der Waals surface area contributed by atoms with Gasteiger partial charge in [0.05, 0.1) is 29.8 Å². The lowest BCUT2D eigenvalue weighted by atomic mass is 10.1. The van der Waals surface area contributed by atoms with Crippen LogP contribution in [-0.2, 0) is 17.8 Å². The number of hydrogen-bond acceptors (Lipinski definition) is 6. The third-order valence-corrected chi connectivity index (χ3v) is 5.59. The van der Waals surface area contributed by atoms with Gasteiger partial charge in [0.2, 0.25) is 0 Å². The summed E-state index contributed by atoms with van der Waals surface area (Å²) in [7, 11) is 0. The van der Waals surface area contributed by atoms with E-state index in [0.717, 1.165) is 54.1 Å². The summed E-state index contributed by atoms with van der Waals surface area (Å²) in [6, 6.07) is 12.4. The predicted molar refractivity (Wildman–Crippen MR) is 118 cm³/mol. The molecular weight excluding hydrogens is 380 g/mol. The van der Waals surface area contributed by atoms with Crippen LogP contribution in [0.5, 0.6) is 0 Å². The van der Waals surface area contributed by atoms with Gasteiger partial charge in [0.1, 0.15) is 12.1 Å². The number of fused-ring (bicyclic) bond motifs is 2. The Hall–Kier alpha value is -3.39. The zero-order chi connectivity index (χ0) is 20.5. The van der Waals surface area contributed by atoms with E-state index in [1.807, 2.05) is 19.1 Å². The zero-order valence-corrected chi connectivity index (χ0v) is 16.9. The molecule has 3 heterocycles. The maximum Gasteiger partial charge on any atom is 0.326 e. The number of benzene rings is 2. The minimum absolute atomic E-state index is 0.106. The van der Waals surface area contributed by atoms with Gasteiger partial charge in [0.25, 0.3) is 0 Å². The quantitative estimate of drug-likeness (QED) is 0.532. The number of anilines is 2. The maximum absolute atomic E-state index is 12.2. The number of imidazole rings is 1. The highest BCUT2D eigenvalue weighted by atomic mass is 16.5. The van der Waals surface area contributed by atoms with E-state index in [-0.39, 0.29) is 5.69 Å². The molecule has 2 aromatic heterocycles. The Morgan fingerprint density at radius 1 is 1.17 bits per heavy atom. The van der Waals surface area contributed by atoms with Crippen molar-refractivity contribution in [3.63, 3.8) is 0 Å². The minimum Gasteiger partial charge on any atom is -0.378 e. The average Bonchev–Trinajstić information content (AvgIpc) is 3.10. The molecule has 0 radical (unpaired) electrons. The standard InChI is InChI=1S/C22H24N6O2/c1-2-28-20-12-18-17(11-19(20)26-22(28)29)21(25-14-24-18)23-13-15-4-3-5-16(10-15)27-6-8-30-9-7-27/h3-5,10-12,14H,2,6-9,13H2,1H3,(H,26,29)(H,23,24,25). The summed E-state index contributed by atoms with van der Waals surface area (Å²) in [5, 5.41) is 4.33. The van der Waals surface area contributed by atoms with E-state index in [4.69, 9.17) is 4.74 Å². The van der Waals surface area contributed by atoms with E-state index in [9.17, 15) is 4.79 Å². The van der Waals surface area contributed by atoms with Crippen molar-refractivity contribution in [2.24, 2.45) is 0 Å². The van der Waals surface area contributed by atoms with Crippen LogP contribution in [0.1, 0.15) is 12.5 Å². The second-order valence-electron chi connectivity index (χ2n) is 7.41. The van der Waals surface area contributed by atoms with Crippen LogP contribution in [-0.4, -0.2) is 45.8 Å². The van der Waals surface area contributed by atoms with Gasteiger partial charge >= 0.3 is 5.69 Å². The van der Waals surface area contributed by atoms with E-state index in [0.29, 0.717) is 13.1 Å². The van der Waals surface area contributed by atoms with Gasteiger partial charge < -0.3 is 19.9 Å². The summed E-state index contributed by atoms with van der Waals surface area (Å²) < 4.78 is 7.16. The molecule has 8 nitrogen and oxygen atoms in total. The molecule has 2 aromatic carbocycles. The van der Waals surface area contributed by atoms with Crippen LogP contribution in [0.25, 0.3) is 21.9 Å². The number of morpholine rings is 1. The predicted octanol–water partition coefficient (Wildman–Crippen LogP) is 2.74. The minimum atomic E-state index is -0.106. The van der Waals surface area contributed by atoms with E-state index in [1.165, 1.54) is 11.3 Å². The number of H-pyrrole nitrogens is 1. The number of rotatable bonds is 5. The van der Waals surface area contributed by atoms with Gasteiger partial charge in [0, 0.05) is 37.3 Å². The van der Waals surface area contributed by atoms with Crippen LogP contribution < -0.4 is 15.9 Å². The number of aromatic amines is 1. The molecule has 1 aliphatic rings. The summed E-state index contributed by atoms with van der Waals surface area (Å²) >= 11 is 0. The molecule has 1 fully saturated rings. The van der Waals surface area contributed by atoms with Gasteiger partial charge in [-0.3, -0.25) is 4.57 Å². The lowest BCUT2D eigenvalue weighted by molar-refractivity contribution is 0.122. The van der Waals surface area contributed by atoms with Crippen LogP contribution in [0, 0.1) is 0 Å². The highest BCUT2D eigenvalue weighted by Gasteiger charge is 2.13. The summed E-state index contributed by atoms with van der Waals surface area (Å²) in [5.74, 6) is 0.753. The second-order valence-corrected chi connectivity index (χ2v) is 7.41. The molecule has 0 saturated carbocycles. The molecule has 0 spiro atoms. The second kappa shape index (κ2) is 7.79. The Morgan fingerprint density at radius 3 is 2.87 bits per heavy atom. The number of aromatic nitrogens is 4. The zero-order valence-electron chi connectivity index (χ0n) is 16.9. The Morgan fingerprint density at radius 2 is 2.03 bits per heavy atom. The topological polar surface area (TPSA) is 88.1 Å². The molecule has 0 atom stereocenters. The van der Waals surface area contributed by atoms with Gasteiger partial charge in [-0.15, -0.1) is 0 Å². The maximum atomic E-state index is 12.2. The SMILES string of the molecule is CCn1c(=O)[nH]c2cc3c(NCc4cccc(N5CCOCC5)c4)ncnc3cc21. The van der Waals surface area contributed by atoms with Crippen molar-refractivity contribution < 1.29 is 4.74 Å². The van der Waals surface area contributed by atoms with Crippen molar-refractivity contribution in [3.05, 3.63) is 58.8 Å². The van der Waals surface area contributed by atoms with E-state index in [1.54, 1.807) is 10.9 Å². The number of aryl methyl sites for hydroxylation is 1. The first-order valence-electron chi connectivity index (χ1n) is 10.3. The van der Waals surface area contributed by atoms with Crippen molar-refractivity contribution in [2.75, 3.05) is 36.5 Å². The van der Waals surface area contributed by atoms with Crippen LogP contribution in [0.15, 0.2) is 47.5 Å². The molecule has 0 bridgehead atoms. The van der Waals surface area contributed by atoms with Gasteiger partial charge in [-0.2, -0.15) is 0 Å². The van der Waals surface area contributed by atoms with Crippen LogP contribution >= 0.6 is 0 Å². The van der Waals surface area contributed by atoms with E-state index in [2.05, 4.69) is 49.4 Å². The summed E-state index contributed by atoms with van der Waals surface area (Å²) in [5.41, 5.74) is 4.75. The molecule has 8 heteroatoms. The molecule has 1 saturated heterocycles. The highest BCUT2D eigenvalue weighted by molar-refractivity contribution is 5.98. The Bertz CT molecular complexity index is 1260. The van der Waals surface area contributed by atoms with Crippen LogP contribution in [0.4, 0.5) is 11.5 Å². The van der Waals surface area contributed by atoms with Crippen LogP contribution in [0.3, 0.4) is 0 Å². The van der Waals surface area contributed by atoms with Crippen molar-refractivity contribution >= 4 is 33.4 Å². The first kappa shape index (κ1) is 18.6. The Balaban J connectivity index is 1.43. The fourth-order valence-corrected chi connectivity index (χ4v) is 4.03. The van der Waals surface area contributed by atoms with Crippen molar-refractivity contribution in [3.8, 4) is 0 Å². The van der Waals surface area contributed by atoms with Gasteiger partial charge in [-0.25, -0.2) is 14.8 Å². The van der Waals surface area contributed by atoms with Gasteiger partial charge in [-0.1, -0.05) is 12.1 Å². The third-order valence-electron chi connectivity index (χ3n) is 5.59. The molecule has 0 amide bonds. The fourth-order valence-electron chi connectivity index (χ4n) is 4.03. The number of ether oxygens (including phenoxy) is 1. The van der Waals surface area contributed by atoms with Gasteiger partial charge in [0.15, 0.2) is 0 Å². The summed E-state index contributed by atoms with van der Waals surface area (Å²) in [4.78, 5) is 26.3. The van der Waals surface area contributed by atoms with Crippen molar-refractivity contribution in [1.82, 2.24) is 19.5 Å². The lowest BCUT2D eigenvalue weighted by Gasteiger charge is -2.29. The molecular formula is C22H24N6O2. The average molecular weight is 404 g/mol. The summed E-state index contributed by atoms with van der Waals surface area (Å²) in [6.45, 7) is 6.58. The Kier molecular flexibility index (Phi) is 4.84. The first-order valence-corrected chi connectivity index (χ1v) is 10.3. The molecule has 1 aliphatic heterocycles. The molecule has 30 heavy (non-hydrogen) atoms. The first-order chi connectivity index (χ1) is 14.7. The van der Waals surface area contributed by atoms with Crippen LogP contribution in [0.2, 0.25) is 0 Å². The van der Waals surface area contributed by atoms with E-state index >= 15 is 0 Å². The van der Waals surface area contributed by atoms with Crippen molar-refractivity contribution in [1.29, 1.82) is 0 Å². The number of hydrogen-bond donors (Lipinski definition) is 2. The molecule has 0 aliphatic carbocycles. The van der Waals surface area contributed by atoms with Crippen molar-refractivity contribution in [2.45, 2.75) is 20.0 Å². The molecule has 5 rings (SSSR count). The molecule has 154 valence electrons. The monoisotopic (exact) mass is 404 g/mol. The molecule has 2 N–H and O–H groups in total. The lowest BCUT2D eigenvalue weighted by Crippen LogP contribution is -2.36. The largest absolute Gasteiger partial charge is 0.378 e. The Labute approximate surface area is 173 Å². The molecule has 0 unspecified atom stereocenters. The third kappa shape index (κ3) is 3.39. The number of nitrogens with zero attached hydrogens (tertiary/aromatic N) is 4. The van der Waals surface area contributed by atoms with Gasteiger partial charge in [-0.05, 0) is 36.8 Å². The molecule has 4 aromatic rings. The number of nitrogens with one attached hydrogen (secondary N) is 2.